The van der Waals surface area contributed by atoms with Crippen molar-refractivity contribution >= 4 is 23.1 Å². The van der Waals surface area contributed by atoms with Gasteiger partial charge in [0.05, 0.1) is 16.3 Å². The Bertz CT molecular complexity index is 600. The maximum Gasteiger partial charge on any atom is 0.269 e. The molecule has 0 saturated carbocycles. The summed E-state index contributed by atoms with van der Waals surface area (Å²) in [5.41, 5.74) is 1.36. The van der Waals surface area contributed by atoms with Crippen molar-refractivity contribution in [2.75, 3.05) is 0 Å². The van der Waals surface area contributed by atoms with Gasteiger partial charge in [-0.25, -0.2) is 0 Å². The van der Waals surface area contributed by atoms with Crippen LogP contribution in [0.15, 0.2) is 64.6 Å². The molecule has 5 heteroatoms. The molecule has 0 heterocycles. The number of hydrogen-bond acceptors (Lipinski definition) is 4. The Morgan fingerprint density at radius 2 is 1.44 bits per heavy atom. The minimum atomic E-state index is -0.453. The molecule has 2 aromatic carbocycles. The molecule has 0 aromatic heterocycles. The van der Waals surface area contributed by atoms with Gasteiger partial charge in [-0.3, -0.25) is 10.1 Å². The topological polar surface area (TPSA) is 67.9 Å². The predicted octanol–water partition coefficient (Wildman–Crippen LogP) is 3.73. The Labute approximate surface area is 103 Å². The molecule has 0 spiro atoms. The zero-order chi connectivity index (χ0) is 12.8. The Kier molecular flexibility index (Phi) is 3.59. The number of rotatable bonds is 3. The summed E-state index contributed by atoms with van der Waals surface area (Å²) >= 11 is 0. The average Bonchev–Trinajstić information content (AvgIpc) is 2.40. The van der Waals surface area contributed by atoms with Crippen LogP contribution in [0, 0.1) is 10.1 Å². The molecule has 0 radical (unpaired) electrons. The molecule has 2 rings (SSSR count). The van der Waals surface area contributed by atoms with Gasteiger partial charge in [-0.05, 0) is 24.3 Å². The second-order valence-electron chi connectivity index (χ2n) is 3.43. The van der Waals surface area contributed by atoms with E-state index in [9.17, 15) is 10.1 Å². The minimum absolute atomic E-state index is 0.0361. The van der Waals surface area contributed by atoms with Gasteiger partial charge < -0.3 is 0 Å². The molecule has 0 aliphatic heterocycles. The molecule has 0 aliphatic carbocycles. The van der Waals surface area contributed by atoms with Crippen LogP contribution in [0.25, 0.3) is 0 Å². The fourth-order valence-corrected chi connectivity index (χ4v) is 1.29. The van der Waals surface area contributed by atoms with E-state index >= 15 is 0 Å². The number of aliphatic imine (C=N–C) groups is 2. The molecule has 0 amide bonds. The fraction of sp³-hybridized carbons (Fsp3) is 0. The van der Waals surface area contributed by atoms with E-state index in [-0.39, 0.29) is 5.69 Å². The predicted molar refractivity (Wildman–Crippen MR) is 68.7 cm³/mol. The summed E-state index contributed by atoms with van der Waals surface area (Å²) in [4.78, 5) is 18.0. The molecular weight excluding hydrogens is 230 g/mol. The summed E-state index contributed by atoms with van der Waals surface area (Å²) in [5, 5.41) is 10.5. The zero-order valence-corrected chi connectivity index (χ0v) is 9.35. The lowest BCUT2D eigenvalue weighted by atomic mass is 10.3. The first kappa shape index (κ1) is 11.7. The molecule has 0 aliphatic rings. The summed E-state index contributed by atoms with van der Waals surface area (Å²) in [6.45, 7) is 0. The van der Waals surface area contributed by atoms with Crippen LogP contribution in [0.4, 0.5) is 17.1 Å². The lowest BCUT2D eigenvalue weighted by molar-refractivity contribution is -0.384. The molecule has 0 N–H and O–H groups in total. The summed E-state index contributed by atoms with van der Waals surface area (Å²) in [7, 11) is 0. The number of nitro benzene ring substituents is 1. The number of non-ortho nitro benzene ring substituents is 1. The van der Waals surface area contributed by atoms with E-state index in [1.165, 1.54) is 12.1 Å². The molecule has 88 valence electrons. The van der Waals surface area contributed by atoms with E-state index in [4.69, 9.17) is 0 Å². The molecule has 0 unspecified atom stereocenters. The van der Waals surface area contributed by atoms with Crippen molar-refractivity contribution in [2.24, 2.45) is 9.98 Å². The number of benzene rings is 2. The maximum atomic E-state index is 10.5. The first-order chi connectivity index (χ1) is 8.75. The highest BCUT2D eigenvalue weighted by Crippen LogP contribution is 2.17. The highest BCUT2D eigenvalue weighted by molar-refractivity contribution is 5.58. The van der Waals surface area contributed by atoms with E-state index in [1.807, 2.05) is 30.3 Å². The normalized spacial score (nSPS) is 9.33. The van der Waals surface area contributed by atoms with E-state index < -0.39 is 4.92 Å². The zero-order valence-electron chi connectivity index (χ0n) is 9.35. The van der Waals surface area contributed by atoms with E-state index in [0.29, 0.717) is 5.69 Å². The second-order valence-corrected chi connectivity index (χ2v) is 3.43. The van der Waals surface area contributed by atoms with Gasteiger partial charge in [0.2, 0.25) is 0 Å². The average molecular weight is 239 g/mol. The molecule has 0 saturated heterocycles. The third-order valence-electron chi connectivity index (χ3n) is 2.17. The van der Waals surface area contributed by atoms with Crippen LogP contribution in [0.5, 0.6) is 0 Å². The molecular formula is C13H9N3O2. The molecule has 0 bridgehead atoms. The summed E-state index contributed by atoms with van der Waals surface area (Å²) in [6.07, 6.45) is 0. The molecule has 0 fully saturated rings. The van der Waals surface area contributed by atoms with Crippen LogP contribution in [0.3, 0.4) is 0 Å². The summed E-state index contributed by atoms with van der Waals surface area (Å²) in [5.74, 6) is 0. The first-order valence-electron chi connectivity index (χ1n) is 5.22. The SMILES string of the molecule is O=[N+]([O-])c1ccc(N=C=Nc2ccccc2)cc1. The highest BCUT2D eigenvalue weighted by Gasteiger charge is 2.02. The molecule has 18 heavy (non-hydrogen) atoms. The fourth-order valence-electron chi connectivity index (χ4n) is 1.29. The van der Waals surface area contributed by atoms with Crippen molar-refractivity contribution in [3.63, 3.8) is 0 Å². The van der Waals surface area contributed by atoms with E-state index in [2.05, 4.69) is 16.0 Å². The van der Waals surface area contributed by atoms with Gasteiger partial charge in [-0.15, -0.1) is 0 Å². The van der Waals surface area contributed by atoms with E-state index in [0.717, 1.165) is 5.69 Å². The van der Waals surface area contributed by atoms with Crippen LogP contribution >= 0.6 is 0 Å². The van der Waals surface area contributed by atoms with Crippen molar-refractivity contribution in [1.82, 2.24) is 0 Å². The quantitative estimate of drug-likeness (QED) is 0.465. The molecule has 0 atom stereocenters. The van der Waals surface area contributed by atoms with Gasteiger partial charge in [0.15, 0.2) is 0 Å². The number of hydrogen-bond donors (Lipinski definition) is 0. The van der Waals surface area contributed by atoms with Crippen molar-refractivity contribution in [2.45, 2.75) is 0 Å². The van der Waals surface area contributed by atoms with Gasteiger partial charge in [0.1, 0.15) is 6.01 Å². The Hall–Kier alpha value is -2.78. The van der Waals surface area contributed by atoms with Crippen LogP contribution in [0.2, 0.25) is 0 Å². The third kappa shape index (κ3) is 3.10. The Morgan fingerprint density at radius 1 is 0.889 bits per heavy atom. The van der Waals surface area contributed by atoms with E-state index in [1.54, 1.807) is 12.1 Å². The third-order valence-corrected chi connectivity index (χ3v) is 2.17. The van der Waals surface area contributed by atoms with Crippen molar-refractivity contribution < 1.29 is 4.92 Å². The van der Waals surface area contributed by atoms with Gasteiger partial charge in [0.25, 0.3) is 5.69 Å². The number of nitro groups is 1. The van der Waals surface area contributed by atoms with Gasteiger partial charge >= 0.3 is 0 Å². The van der Waals surface area contributed by atoms with Gasteiger partial charge in [-0.2, -0.15) is 9.98 Å². The second kappa shape index (κ2) is 5.52. The Balaban J connectivity index is 2.14. The minimum Gasteiger partial charge on any atom is -0.258 e. The number of nitrogens with zero attached hydrogens (tertiary/aromatic N) is 3. The number of para-hydroxylation sites is 1. The molecule has 5 nitrogen and oxygen atoms in total. The summed E-state index contributed by atoms with van der Waals surface area (Å²) in [6, 6.07) is 17.7. The first-order valence-corrected chi connectivity index (χ1v) is 5.22. The van der Waals surface area contributed by atoms with Crippen LogP contribution in [-0.2, 0) is 0 Å². The van der Waals surface area contributed by atoms with Crippen LogP contribution in [-0.4, -0.2) is 10.9 Å². The van der Waals surface area contributed by atoms with Crippen molar-refractivity contribution in [1.29, 1.82) is 0 Å². The van der Waals surface area contributed by atoms with Crippen molar-refractivity contribution in [3.8, 4) is 0 Å². The van der Waals surface area contributed by atoms with Crippen LogP contribution in [0.1, 0.15) is 0 Å². The molecule has 2 aromatic rings. The standard InChI is InChI=1S/C13H9N3O2/c17-16(18)13-8-6-12(7-9-13)15-10-14-11-4-2-1-3-5-11/h1-9H. The smallest absolute Gasteiger partial charge is 0.258 e. The lowest BCUT2D eigenvalue weighted by Crippen LogP contribution is -1.85. The Morgan fingerprint density at radius 3 is 2.00 bits per heavy atom. The maximum absolute atomic E-state index is 10.5. The van der Waals surface area contributed by atoms with Gasteiger partial charge in [0, 0.05) is 12.1 Å². The van der Waals surface area contributed by atoms with Crippen LogP contribution < -0.4 is 0 Å². The lowest BCUT2D eigenvalue weighted by Gasteiger charge is -1.91. The summed E-state index contributed by atoms with van der Waals surface area (Å²) < 4.78 is 0. The van der Waals surface area contributed by atoms with Crippen molar-refractivity contribution in [3.05, 3.63) is 64.7 Å². The van der Waals surface area contributed by atoms with Gasteiger partial charge in [-0.1, -0.05) is 18.2 Å². The largest absolute Gasteiger partial charge is 0.269 e. The highest BCUT2D eigenvalue weighted by atomic mass is 16.6. The monoisotopic (exact) mass is 239 g/mol.